The van der Waals surface area contributed by atoms with Crippen molar-refractivity contribution in [3.05, 3.63) is 71.3 Å². The molecule has 0 fully saturated rings. The van der Waals surface area contributed by atoms with Gasteiger partial charge in [-0.2, -0.15) is 0 Å². The summed E-state index contributed by atoms with van der Waals surface area (Å²) in [5.74, 6) is -0.137. The maximum atomic E-state index is 12.2. The molecule has 174 valence electrons. The standard InChI is InChI=1S/C27H36O5/c28-19-22(20-29)18-25(31)10-6-1-2-7-11-26-23(14-17-27(26)32)13-16-24(30)15-12-21-8-4-3-5-9-21/h2-5,7-9,13,16,22,24,28-30H,1,6,10-12,14-15,17-20H2/t24-/m0/s1. The fourth-order valence-electron chi connectivity index (χ4n) is 3.79. The predicted molar refractivity (Wildman–Crippen MR) is 126 cm³/mol. The van der Waals surface area contributed by atoms with Gasteiger partial charge in [0.15, 0.2) is 5.78 Å². The molecule has 0 amide bonds. The van der Waals surface area contributed by atoms with Crippen molar-refractivity contribution in [1.29, 1.82) is 0 Å². The number of hydrogen-bond acceptors (Lipinski definition) is 5. The lowest BCUT2D eigenvalue weighted by molar-refractivity contribution is -0.120. The molecule has 32 heavy (non-hydrogen) atoms. The highest BCUT2D eigenvalue weighted by Crippen LogP contribution is 2.27. The second kappa shape index (κ2) is 14.7. The molecule has 1 aromatic rings. The number of aliphatic hydroxyl groups excluding tert-OH is 3. The van der Waals surface area contributed by atoms with E-state index in [1.807, 2.05) is 36.4 Å². The molecular weight excluding hydrogens is 404 g/mol. The van der Waals surface area contributed by atoms with E-state index in [4.69, 9.17) is 10.2 Å². The Morgan fingerprint density at radius 3 is 2.53 bits per heavy atom. The molecule has 0 bridgehead atoms. The summed E-state index contributed by atoms with van der Waals surface area (Å²) in [7, 11) is 0. The first-order valence-corrected chi connectivity index (χ1v) is 11.6. The van der Waals surface area contributed by atoms with Crippen LogP contribution in [0.4, 0.5) is 0 Å². The summed E-state index contributed by atoms with van der Waals surface area (Å²) in [6.45, 7) is -0.349. The first-order chi connectivity index (χ1) is 15.5. The molecule has 5 heteroatoms. The zero-order valence-corrected chi connectivity index (χ0v) is 18.8. The second-order valence-electron chi connectivity index (χ2n) is 8.42. The third-order valence-corrected chi connectivity index (χ3v) is 5.78. The van der Waals surface area contributed by atoms with Gasteiger partial charge >= 0.3 is 0 Å². The van der Waals surface area contributed by atoms with Crippen molar-refractivity contribution in [3.8, 4) is 0 Å². The van der Waals surface area contributed by atoms with Gasteiger partial charge in [-0.25, -0.2) is 0 Å². The number of Topliss-reactive ketones (excluding diaryl/α,β-unsaturated/α-hetero) is 2. The molecule has 2 rings (SSSR count). The van der Waals surface area contributed by atoms with Crippen LogP contribution in [0.1, 0.15) is 56.9 Å². The van der Waals surface area contributed by atoms with Crippen molar-refractivity contribution in [1.82, 2.24) is 0 Å². The number of aliphatic hydroxyl groups is 3. The van der Waals surface area contributed by atoms with Crippen LogP contribution in [0.15, 0.2) is 65.8 Å². The van der Waals surface area contributed by atoms with Crippen LogP contribution in [0.3, 0.4) is 0 Å². The third kappa shape index (κ3) is 9.43. The first-order valence-electron chi connectivity index (χ1n) is 11.6. The van der Waals surface area contributed by atoms with Gasteiger partial charge in [-0.1, -0.05) is 54.6 Å². The van der Waals surface area contributed by atoms with Crippen molar-refractivity contribution in [2.75, 3.05) is 13.2 Å². The number of rotatable bonds is 15. The molecule has 0 unspecified atom stereocenters. The van der Waals surface area contributed by atoms with E-state index in [1.54, 1.807) is 6.08 Å². The normalized spacial score (nSPS) is 15.6. The Morgan fingerprint density at radius 1 is 1.06 bits per heavy atom. The van der Waals surface area contributed by atoms with Gasteiger partial charge in [-0.05, 0) is 49.7 Å². The maximum Gasteiger partial charge on any atom is 0.159 e. The SMILES string of the molecule is O=C(CCCC=CCC1=C(C=C[C@@H](O)CCc2ccccc2)CCC1=O)CC(CO)CO. The number of aryl methyl sites for hydroxylation is 1. The largest absolute Gasteiger partial charge is 0.396 e. The van der Waals surface area contributed by atoms with Crippen molar-refractivity contribution >= 4 is 11.6 Å². The number of allylic oxidation sites excluding steroid dienone is 5. The van der Waals surface area contributed by atoms with Crippen LogP contribution < -0.4 is 0 Å². The highest BCUT2D eigenvalue weighted by Gasteiger charge is 2.20. The fourth-order valence-corrected chi connectivity index (χ4v) is 3.79. The van der Waals surface area contributed by atoms with Gasteiger partial charge in [0.1, 0.15) is 5.78 Å². The zero-order chi connectivity index (χ0) is 23.2. The fraction of sp³-hybridized carbons (Fsp3) is 0.481. The molecular formula is C27H36O5. The molecule has 3 N–H and O–H groups in total. The lowest BCUT2D eigenvalue weighted by Gasteiger charge is -2.08. The molecule has 0 aliphatic heterocycles. The Kier molecular flexibility index (Phi) is 11.9. The van der Waals surface area contributed by atoms with Crippen LogP contribution in [0.5, 0.6) is 0 Å². The summed E-state index contributed by atoms with van der Waals surface area (Å²) >= 11 is 0. The minimum absolute atomic E-state index is 0.0541. The average molecular weight is 441 g/mol. The van der Waals surface area contributed by atoms with Gasteiger partial charge in [0, 0.05) is 44.0 Å². The average Bonchev–Trinajstić information content (AvgIpc) is 3.16. The van der Waals surface area contributed by atoms with Gasteiger partial charge in [0.25, 0.3) is 0 Å². The van der Waals surface area contributed by atoms with E-state index in [-0.39, 0.29) is 37.1 Å². The Balaban J connectivity index is 1.75. The summed E-state index contributed by atoms with van der Waals surface area (Å²) in [4.78, 5) is 24.1. The number of hydrogen-bond donors (Lipinski definition) is 3. The Morgan fingerprint density at radius 2 is 1.81 bits per heavy atom. The molecule has 0 heterocycles. The highest BCUT2D eigenvalue weighted by atomic mass is 16.3. The van der Waals surface area contributed by atoms with Crippen molar-refractivity contribution in [2.45, 2.75) is 63.9 Å². The second-order valence-corrected chi connectivity index (χ2v) is 8.42. The Bertz CT molecular complexity index is 803. The quantitative estimate of drug-likeness (QED) is 0.284. The lowest BCUT2D eigenvalue weighted by atomic mass is 10.0. The summed E-state index contributed by atoms with van der Waals surface area (Å²) in [6.07, 6.45) is 12.5. The Labute approximate surface area is 191 Å². The summed E-state index contributed by atoms with van der Waals surface area (Å²) in [5.41, 5.74) is 3.02. The molecule has 0 aromatic heterocycles. The van der Waals surface area contributed by atoms with Gasteiger partial charge in [-0.3, -0.25) is 9.59 Å². The van der Waals surface area contributed by atoms with E-state index in [9.17, 15) is 14.7 Å². The number of unbranched alkanes of at least 4 members (excludes halogenated alkanes) is 1. The minimum Gasteiger partial charge on any atom is -0.396 e. The molecule has 5 nitrogen and oxygen atoms in total. The van der Waals surface area contributed by atoms with Crippen LogP contribution in [-0.4, -0.2) is 46.2 Å². The van der Waals surface area contributed by atoms with E-state index in [0.29, 0.717) is 32.1 Å². The van der Waals surface area contributed by atoms with Crippen LogP contribution in [0, 0.1) is 5.92 Å². The van der Waals surface area contributed by atoms with E-state index < -0.39 is 6.10 Å². The van der Waals surface area contributed by atoms with Gasteiger partial charge in [0.05, 0.1) is 6.10 Å². The predicted octanol–water partition coefficient (Wildman–Crippen LogP) is 3.87. The number of benzene rings is 1. The minimum atomic E-state index is -0.538. The van der Waals surface area contributed by atoms with Crippen molar-refractivity contribution in [3.63, 3.8) is 0 Å². The van der Waals surface area contributed by atoms with E-state index >= 15 is 0 Å². The number of carbonyl (C=O) groups is 2. The van der Waals surface area contributed by atoms with Crippen LogP contribution >= 0.6 is 0 Å². The monoisotopic (exact) mass is 440 g/mol. The molecule has 0 radical (unpaired) electrons. The molecule has 1 aromatic carbocycles. The smallest absolute Gasteiger partial charge is 0.159 e. The van der Waals surface area contributed by atoms with Gasteiger partial charge in [0.2, 0.25) is 0 Å². The van der Waals surface area contributed by atoms with Crippen LogP contribution in [0.2, 0.25) is 0 Å². The topological polar surface area (TPSA) is 94.8 Å². The van der Waals surface area contributed by atoms with Crippen LogP contribution in [-0.2, 0) is 16.0 Å². The zero-order valence-electron chi connectivity index (χ0n) is 18.8. The maximum absolute atomic E-state index is 12.2. The van der Waals surface area contributed by atoms with Crippen molar-refractivity contribution < 1.29 is 24.9 Å². The summed E-state index contributed by atoms with van der Waals surface area (Å²) in [5, 5.41) is 28.3. The van der Waals surface area contributed by atoms with Crippen molar-refractivity contribution in [2.24, 2.45) is 5.92 Å². The summed E-state index contributed by atoms with van der Waals surface area (Å²) < 4.78 is 0. The summed E-state index contributed by atoms with van der Waals surface area (Å²) in [6, 6.07) is 10.1. The van der Waals surface area contributed by atoms with Gasteiger partial charge in [-0.15, -0.1) is 0 Å². The molecule has 1 atom stereocenters. The van der Waals surface area contributed by atoms with Gasteiger partial charge < -0.3 is 15.3 Å². The third-order valence-electron chi connectivity index (χ3n) is 5.78. The number of carbonyl (C=O) groups excluding carboxylic acids is 2. The highest BCUT2D eigenvalue weighted by molar-refractivity contribution is 5.99. The van der Waals surface area contributed by atoms with Crippen LogP contribution in [0.25, 0.3) is 0 Å². The number of ketones is 2. The first kappa shape index (κ1) is 25.9. The van der Waals surface area contributed by atoms with E-state index in [2.05, 4.69) is 12.1 Å². The van der Waals surface area contributed by atoms with E-state index in [0.717, 1.165) is 30.4 Å². The molecule has 1 aliphatic carbocycles. The lowest BCUT2D eigenvalue weighted by Crippen LogP contribution is -2.15. The van der Waals surface area contributed by atoms with E-state index in [1.165, 1.54) is 5.56 Å². The molecule has 1 aliphatic rings. The molecule has 0 saturated heterocycles. The Hall–Kier alpha value is -2.34. The molecule has 0 spiro atoms. The molecule has 0 saturated carbocycles.